The Morgan fingerprint density at radius 2 is 0.559 bits per heavy atom. The average Bonchev–Trinajstić information content (AvgIpc) is 3.22. The Kier molecular flexibility index (Phi) is 46.2. The molecule has 0 radical (unpaired) electrons. The Morgan fingerprint density at radius 1 is 0.322 bits per heavy atom. The lowest BCUT2D eigenvalue weighted by Gasteiger charge is -2.18. The van der Waals surface area contributed by atoms with Gasteiger partial charge >= 0.3 is 17.9 Å². The predicted octanol–water partition coefficient (Wildman–Crippen LogP) is 17.1. The Hall–Kier alpha value is -1.59. The molecule has 6 heteroatoms. The highest BCUT2D eigenvalue weighted by Crippen LogP contribution is 2.17. The lowest BCUT2D eigenvalue weighted by Crippen LogP contribution is -2.30. The first-order chi connectivity index (χ1) is 28.9. The molecule has 0 aliphatic rings. The standard InChI is InChI=1S/C53H102O6/c1-5-7-9-11-13-14-15-16-19-23-26-29-33-36-40-44-51(54)57-47-50(59-53(56)46-42-38-31-12-10-8-6-2)48-58-52(55)45-41-37-34-30-27-24-21-18-17-20-22-25-28-32-35-39-43-49(3)4/h49-50H,5-48H2,1-4H3/t50-/m1/s1. The molecule has 0 heterocycles. The fourth-order valence-electron chi connectivity index (χ4n) is 8.04. The molecular weight excluding hydrogens is 733 g/mol. The van der Waals surface area contributed by atoms with E-state index in [-0.39, 0.29) is 31.1 Å². The summed E-state index contributed by atoms with van der Waals surface area (Å²) in [6.45, 7) is 9.01. The van der Waals surface area contributed by atoms with E-state index in [9.17, 15) is 14.4 Å². The van der Waals surface area contributed by atoms with Crippen LogP contribution in [0.3, 0.4) is 0 Å². The summed E-state index contributed by atoms with van der Waals surface area (Å²) < 4.78 is 16.7. The molecule has 0 aliphatic heterocycles. The predicted molar refractivity (Wildman–Crippen MR) is 252 cm³/mol. The maximum Gasteiger partial charge on any atom is 0.306 e. The number of hydrogen-bond acceptors (Lipinski definition) is 6. The van der Waals surface area contributed by atoms with Crippen LogP contribution in [-0.2, 0) is 28.6 Å². The third kappa shape index (κ3) is 47.3. The number of unbranched alkanes of at least 4 members (excludes halogenated alkanes) is 35. The van der Waals surface area contributed by atoms with Gasteiger partial charge in [-0.2, -0.15) is 0 Å². The quantitative estimate of drug-likeness (QED) is 0.0345. The van der Waals surface area contributed by atoms with Gasteiger partial charge in [0.1, 0.15) is 13.2 Å². The number of rotatable bonds is 48. The molecule has 1 atom stereocenters. The average molecular weight is 835 g/mol. The van der Waals surface area contributed by atoms with E-state index in [2.05, 4.69) is 27.7 Å². The lowest BCUT2D eigenvalue weighted by molar-refractivity contribution is -0.167. The zero-order chi connectivity index (χ0) is 43.1. The molecule has 0 N–H and O–H groups in total. The van der Waals surface area contributed by atoms with Crippen molar-refractivity contribution in [2.45, 2.75) is 303 Å². The van der Waals surface area contributed by atoms with Gasteiger partial charge in [-0.3, -0.25) is 14.4 Å². The van der Waals surface area contributed by atoms with Gasteiger partial charge in [0.2, 0.25) is 0 Å². The maximum atomic E-state index is 12.7. The third-order valence-corrected chi connectivity index (χ3v) is 12.0. The highest BCUT2D eigenvalue weighted by Gasteiger charge is 2.19. The molecule has 0 amide bonds. The normalized spacial score (nSPS) is 11.9. The van der Waals surface area contributed by atoms with Gasteiger partial charge < -0.3 is 14.2 Å². The molecule has 0 unspecified atom stereocenters. The van der Waals surface area contributed by atoms with Crippen molar-refractivity contribution >= 4 is 17.9 Å². The van der Waals surface area contributed by atoms with Crippen LogP contribution in [0.25, 0.3) is 0 Å². The van der Waals surface area contributed by atoms with Crippen LogP contribution in [0.1, 0.15) is 297 Å². The van der Waals surface area contributed by atoms with Crippen LogP contribution < -0.4 is 0 Å². The number of carbonyl (C=O) groups is 3. The van der Waals surface area contributed by atoms with Crippen LogP contribution in [0.4, 0.5) is 0 Å². The van der Waals surface area contributed by atoms with Crippen molar-refractivity contribution in [1.82, 2.24) is 0 Å². The third-order valence-electron chi connectivity index (χ3n) is 12.0. The summed E-state index contributed by atoms with van der Waals surface area (Å²) in [6, 6.07) is 0. The minimum absolute atomic E-state index is 0.0632. The molecule has 59 heavy (non-hydrogen) atoms. The van der Waals surface area contributed by atoms with Crippen molar-refractivity contribution in [3.05, 3.63) is 0 Å². The Morgan fingerprint density at radius 3 is 0.831 bits per heavy atom. The molecule has 0 aromatic carbocycles. The number of esters is 3. The SMILES string of the molecule is CCCCCCCCCCCCCCCCCC(=O)OC[C@H](COC(=O)CCCCCCCCCCCCCCCCCCC(C)C)OC(=O)CCCCCCCCC. The molecule has 0 fully saturated rings. The second-order valence-electron chi connectivity index (χ2n) is 18.6. The van der Waals surface area contributed by atoms with E-state index in [1.807, 2.05) is 0 Å². The van der Waals surface area contributed by atoms with Crippen LogP contribution >= 0.6 is 0 Å². The highest BCUT2D eigenvalue weighted by molar-refractivity contribution is 5.71. The van der Waals surface area contributed by atoms with Crippen LogP contribution in [-0.4, -0.2) is 37.2 Å². The summed E-state index contributed by atoms with van der Waals surface area (Å²) in [5.74, 6) is 0.00295. The monoisotopic (exact) mass is 835 g/mol. The fraction of sp³-hybridized carbons (Fsp3) is 0.943. The molecule has 6 nitrogen and oxygen atoms in total. The van der Waals surface area contributed by atoms with Gasteiger partial charge in [-0.05, 0) is 25.2 Å². The highest BCUT2D eigenvalue weighted by atomic mass is 16.6. The van der Waals surface area contributed by atoms with Crippen LogP contribution in [0, 0.1) is 5.92 Å². The Labute approximate surface area is 368 Å². The van der Waals surface area contributed by atoms with Gasteiger partial charge in [-0.15, -0.1) is 0 Å². The second kappa shape index (κ2) is 47.5. The summed E-state index contributed by atoms with van der Waals surface area (Å²) in [5, 5.41) is 0. The van der Waals surface area contributed by atoms with E-state index < -0.39 is 6.10 Å². The lowest BCUT2D eigenvalue weighted by atomic mass is 10.0. The molecule has 0 rings (SSSR count). The first-order valence-corrected chi connectivity index (χ1v) is 26.4. The minimum Gasteiger partial charge on any atom is -0.462 e. The maximum absolute atomic E-state index is 12.7. The smallest absolute Gasteiger partial charge is 0.306 e. The van der Waals surface area contributed by atoms with Gasteiger partial charge in [0.15, 0.2) is 6.10 Å². The molecule has 0 aromatic heterocycles. The van der Waals surface area contributed by atoms with E-state index >= 15 is 0 Å². The van der Waals surface area contributed by atoms with Crippen LogP contribution in [0.5, 0.6) is 0 Å². The van der Waals surface area contributed by atoms with Gasteiger partial charge in [-0.1, -0.05) is 259 Å². The fourth-order valence-corrected chi connectivity index (χ4v) is 8.04. The molecule has 0 saturated heterocycles. The van der Waals surface area contributed by atoms with E-state index in [1.165, 1.54) is 193 Å². The van der Waals surface area contributed by atoms with Gasteiger partial charge in [0, 0.05) is 19.3 Å². The zero-order valence-corrected chi connectivity index (χ0v) is 40.2. The Bertz CT molecular complexity index is 887. The van der Waals surface area contributed by atoms with E-state index in [0.717, 1.165) is 63.7 Å². The first-order valence-electron chi connectivity index (χ1n) is 26.4. The Balaban J connectivity index is 4.13. The number of hydrogen-bond donors (Lipinski definition) is 0. The molecular formula is C53H102O6. The molecule has 350 valence electrons. The number of carbonyl (C=O) groups excluding carboxylic acids is 3. The summed E-state index contributed by atoms with van der Waals surface area (Å²) in [7, 11) is 0. The summed E-state index contributed by atoms with van der Waals surface area (Å²) in [4.78, 5) is 37.8. The number of ether oxygens (including phenoxy) is 3. The van der Waals surface area contributed by atoms with Gasteiger partial charge in [-0.25, -0.2) is 0 Å². The van der Waals surface area contributed by atoms with Gasteiger partial charge in [0.05, 0.1) is 0 Å². The van der Waals surface area contributed by atoms with Crippen molar-refractivity contribution < 1.29 is 28.6 Å². The van der Waals surface area contributed by atoms with E-state index in [1.54, 1.807) is 0 Å². The van der Waals surface area contributed by atoms with E-state index in [0.29, 0.717) is 19.3 Å². The van der Waals surface area contributed by atoms with Crippen LogP contribution in [0.15, 0.2) is 0 Å². The molecule has 0 saturated carbocycles. The minimum atomic E-state index is -0.759. The topological polar surface area (TPSA) is 78.9 Å². The van der Waals surface area contributed by atoms with Crippen molar-refractivity contribution in [2.24, 2.45) is 5.92 Å². The molecule has 0 spiro atoms. The first kappa shape index (κ1) is 57.4. The second-order valence-corrected chi connectivity index (χ2v) is 18.6. The van der Waals surface area contributed by atoms with E-state index in [4.69, 9.17) is 14.2 Å². The largest absolute Gasteiger partial charge is 0.462 e. The molecule has 0 bridgehead atoms. The van der Waals surface area contributed by atoms with Crippen molar-refractivity contribution in [2.75, 3.05) is 13.2 Å². The van der Waals surface area contributed by atoms with Gasteiger partial charge in [0.25, 0.3) is 0 Å². The molecule has 0 aromatic rings. The zero-order valence-electron chi connectivity index (χ0n) is 40.2. The van der Waals surface area contributed by atoms with Crippen molar-refractivity contribution in [3.8, 4) is 0 Å². The van der Waals surface area contributed by atoms with Crippen LogP contribution in [0.2, 0.25) is 0 Å². The molecule has 0 aliphatic carbocycles. The summed E-state index contributed by atoms with van der Waals surface area (Å²) in [5.41, 5.74) is 0. The summed E-state index contributed by atoms with van der Waals surface area (Å²) >= 11 is 0. The van der Waals surface area contributed by atoms with Crippen molar-refractivity contribution in [1.29, 1.82) is 0 Å². The van der Waals surface area contributed by atoms with Crippen molar-refractivity contribution in [3.63, 3.8) is 0 Å². The summed E-state index contributed by atoms with van der Waals surface area (Å²) in [6.07, 6.45) is 49.6.